The van der Waals surface area contributed by atoms with Crippen LogP contribution >= 0.6 is 0 Å². The predicted molar refractivity (Wildman–Crippen MR) is 45.5 cm³/mol. The molecule has 64 valence electrons. The van der Waals surface area contributed by atoms with Crippen LogP contribution < -0.4 is 5.32 Å². The standard InChI is InChI=1S/C9H17NO/c1-7(11)8-4-3-5-9(6-8)10-2/h8-10H,3-6H2,1-2H3. The first-order valence-corrected chi connectivity index (χ1v) is 4.41. The second kappa shape index (κ2) is 3.86. The number of carbonyl (C=O) groups excluding carboxylic acids is 1. The van der Waals surface area contributed by atoms with Crippen LogP contribution in [0.4, 0.5) is 0 Å². The van der Waals surface area contributed by atoms with Crippen molar-refractivity contribution in [1.82, 2.24) is 5.32 Å². The van der Waals surface area contributed by atoms with Crippen molar-refractivity contribution in [3.63, 3.8) is 0 Å². The van der Waals surface area contributed by atoms with Gasteiger partial charge in [-0.25, -0.2) is 0 Å². The molecule has 1 rings (SSSR count). The van der Waals surface area contributed by atoms with Crippen LogP contribution in [0.25, 0.3) is 0 Å². The predicted octanol–water partition coefficient (Wildman–Crippen LogP) is 1.35. The molecule has 2 unspecified atom stereocenters. The Bertz CT molecular complexity index is 144. The van der Waals surface area contributed by atoms with Gasteiger partial charge < -0.3 is 5.32 Å². The van der Waals surface area contributed by atoms with E-state index in [4.69, 9.17) is 0 Å². The van der Waals surface area contributed by atoms with Gasteiger partial charge in [-0.1, -0.05) is 6.42 Å². The lowest BCUT2D eigenvalue weighted by molar-refractivity contribution is -0.121. The quantitative estimate of drug-likeness (QED) is 0.652. The average Bonchev–Trinajstić information content (AvgIpc) is 2.05. The molecule has 1 aliphatic rings. The number of ketones is 1. The summed E-state index contributed by atoms with van der Waals surface area (Å²) in [5.74, 6) is 0.700. The van der Waals surface area contributed by atoms with E-state index in [-0.39, 0.29) is 0 Å². The molecule has 1 saturated carbocycles. The number of nitrogens with one attached hydrogen (secondary N) is 1. The molecule has 0 aromatic rings. The largest absolute Gasteiger partial charge is 0.317 e. The molecule has 0 spiro atoms. The smallest absolute Gasteiger partial charge is 0.132 e. The molecule has 0 heterocycles. The first-order valence-electron chi connectivity index (χ1n) is 4.41. The third kappa shape index (κ3) is 2.29. The molecule has 1 fully saturated rings. The van der Waals surface area contributed by atoms with E-state index in [0.29, 0.717) is 17.7 Å². The lowest BCUT2D eigenvalue weighted by atomic mass is 9.84. The minimum absolute atomic E-state index is 0.334. The number of rotatable bonds is 2. The molecule has 2 atom stereocenters. The molecule has 0 saturated heterocycles. The van der Waals surface area contributed by atoms with E-state index in [1.54, 1.807) is 6.92 Å². The summed E-state index contributed by atoms with van der Waals surface area (Å²) < 4.78 is 0. The maximum atomic E-state index is 11.0. The third-order valence-electron chi connectivity index (χ3n) is 2.66. The SMILES string of the molecule is CNC1CCCC(C(C)=O)C1. The topological polar surface area (TPSA) is 29.1 Å². The van der Waals surface area contributed by atoms with Crippen LogP contribution in [0.15, 0.2) is 0 Å². The fourth-order valence-electron chi connectivity index (χ4n) is 1.82. The Morgan fingerprint density at radius 1 is 1.45 bits per heavy atom. The van der Waals surface area contributed by atoms with Gasteiger partial charge in [-0.15, -0.1) is 0 Å². The highest BCUT2D eigenvalue weighted by Crippen LogP contribution is 2.24. The Kier molecular flexibility index (Phi) is 3.06. The van der Waals surface area contributed by atoms with Crippen molar-refractivity contribution in [2.75, 3.05) is 7.05 Å². The van der Waals surface area contributed by atoms with E-state index < -0.39 is 0 Å². The Morgan fingerprint density at radius 2 is 2.18 bits per heavy atom. The van der Waals surface area contributed by atoms with Crippen LogP contribution in [0, 0.1) is 5.92 Å². The van der Waals surface area contributed by atoms with Crippen LogP contribution in [0.3, 0.4) is 0 Å². The van der Waals surface area contributed by atoms with Crippen molar-refractivity contribution in [3.05, 3.63) is 0 Å². The molecule has 2 heteroatoms. The Hall–Kier alpha value is -0.370. The molecule has 11 heavy (non-hydrogen) atoms. The molecule has 1 aliphatic carbocycles. The number of carbonyl (C=O) groups is 1. The van der Waals surface area contributed by atoms with E-state index in [0.717, 1.165) is 12.8 Å². The van der Waals surface area contributed by atoms with Crippen molar-refractivity contribution in [3.8, 4) is 0 Å². The van der Waals surface area contributed by atoms with E-state index in [2.05, 4.69) is 5.32 Å². The van der Waals surface area contributed by atoms with Crippen molar-refractivity contribution in [2.24, 2.45) is 5.92 Å². The molecule has 1 N–H and O–H groups in total. The zero-order valence-corrected chi connectivity index (χ0v) is 7.39. The summed E-state index contributed by atoms with van der Waals surface area (Å²) in [5, 5.41) is 3.24. The summed E-state index contributed by atoms with van der Waals surface area (Å²) in [6, 6.07) is 0.581. The van der Waals surface area contributed by atoms with Gasteiger partial charge in [-0.3, -0.25) is 4.79 Å². The normalized spacial score (nSPS) is 31.8. The van der Waals surface area contributed by atoms with E-state index in [1.807, 2.05) is 7.05 Å². The fraction of sp³-hybridized carbons (Fsp3) is 0.889. The van der Waals surface area contributed by atoms with Crippen molar-refractivity contribution < 1.29 is 4.79 Å². The van der Waals surface area contributed by atoms with Crippen LogP contribution in [-0.4, -0.2) is 18.9 Å². The van der Waals surface area contributed by atoms with E-state index in [9.17, 15) is 4.79 Å². The zero-order valence-electron chi connectivity index (χ0n) is 7.39. The van der Waals surface area contributed by atoms with Gasteiger partial charge in [0.1, 0.15) is 5.78 Å². The molecule has 0 aromatic heterocycles. The van der Waals surface area contributed by atoms with Crippen LogP contribution in [-0.2, 0) is 4.79 Å². The maximum absolute atomic E-state index is 11.0. The number of hydrogen-bond donors (Lipinski definition) is 1. The maximum Gasteiger partial charge on any atom is 0.132 e. The van der Waals surface area contributed by atoms with Gasteiger partial charge in [-0.2, -0.15) is 0 Å². The summed E-state index contributed by atoms with van der Waals surface area (Å²) in [5.41, 5.74) is 0. The Morgan fingerprint density at radius 3 is 2.73 bits per heavy atom. The molecule has 0 amide bonds. The second-order valence-electron chi connectivity index (χ2n) is 3.46. The third-order valence-corrected chi connectivity index (χ3v) is 2.66. The molecule has 0 aliphatic heterocycles. The molecular formula is C9H17NO. The molecular weight excluding hydrogens is 138 g/mol. The Labute approximate surface area is 68.4 Å². The highest BCUT2D eigenvalue weighted by Gasteiger charge is 2.23. The van der Waals surface area contributed by atoms with Gasteiger partial charge in [0.2, 0.25) is 0 Å². The summed E-state index contributed by atoms with van der Waals surface area (Å²) >= 11 is 0. The van der Waals surface area contributed by atoms with Gasteiger partial charge in [-0.05, 0) is 33.2 Å². The summed E-state index contributed by atoms with van der Waals surface area (Å²) in [6.45, 7) is 1.71. The molecule has 0 bridgehead atoms. The van der Waals surface area contributed by atoms with Crippen molar-refractivity contribution in [1.29, 1.82) is 0 Å². The lowest BCUT2D eigenvalue weighted by Gasteiger charge is -2.26. The minimum atomic E-state index is 0.334. The van der Waals surface area contributed by atoms with Crippen molar-refractivity contribution in [2.45, 2.75) is 38.6 Å². The first kappa shape index (κ1) is 8.72. The van der Waals surface area contributed by atoms with E-state index in [1.165, 1.54) is 12.8 Å². The van der Waals surface area contributed by atoms with Crippen LogP contribution in [0.1, 0.15) is 32.6 Å². The van der Waals surface area contributed by atoms with Gasteiger partial charge in [0, 0.05) is 12.0 Å². The highest BCUT2D eigenvalue weighted by atomic mass is 16.1. The summed E-state index contributed by atoms with van der Waals surface area (Å²) in [7, 11) is 1.98. The van der Waals surface area contributed by atoms with Gasteiger partial charge >= 0.3 is 0 Å². The van der Waals surface area contributed by atoms with Gasteiger partial charge in [0.15, 0.2) is 0 Å². The van der Waals surface area contributed by atoms with Crippen LogP contribution in [0.2, 0.25) is 0 Å². The average molecular weight is 155 g/mol. The van der Waals surface area contributed by atoms with E-state index >= 15 is 0 Å². The zero-order chi connectivity index (χ0) is 8.27. The summed E-state index contributed by atoms with van der Waals surface area (Å²) in [6.07, 6.45) is 4.59. The highest BCUT2D eigenvalue weighted by molar-refractivity contribution is 5.78. The lowest BCUT2D eigenvalue weighted by Crippen LogP contribution is -2.33. The molecule has 0 radical (unpaired) electrons. The molecule has 0 aromatic carbocycles. The number of Topliss-reactive ketones (excluding diaryl/α,β-unsaturated/α-hetero) is 1. The second-order valence-corrected chi connectivity index (χ2v) is 3.46. The minimum Gasteiger partial charge on any atom is -0.317 e. The Balaban J connectivity index is 2.39. The van der Waals surface area contributed by atoms with Crippen LogP contribution in [0.5, 0.6) is 0 Å². The fourth-order valence-corrected chi connectivity index (χ4v) is 1.82. The number of hydrogen-bond acceptors (Lipinski definition) is 2. The first-order chi connectivity index (χ1) is 5.24. The van der Waals surface area contributed by atoms with Crippen molar-refractivity contribution >= 4 is 5.78 Å². The molecule has 2 nitrogen and oxygen atoms in total. The van der Waals surface area contributed by atoms with Gasteiger partial charge in [0.25, 0.3) is 0 Å². The van der Waals surface area contributed by atoms with Gasteiger partial charge in [0.05, 0.1) is 0 Å². The monoisotopic (exact) mass is 155 g/mol. The summed E-state index contributed by atoms with van der Waals surface area (Å²) in [4.78, 5) is 11.0.